The maximum atomic E-state index is 11.8. The Bertz CT molecular complexity index is 250. The molecule has 1 rings (SSSR count). The molecule has 0 unspecified atom stereocenters. The van der Waals surface area contributed by atoms with Gasteiger partial charge in [0.25, 0.3) is 0 Å². The van der Waals surface area contributed by atoms with E-state index in [1.807, 2.05) is 27.7 Å². The Hall–Kier alpha value is -1.06. The normalized spacial score (nSPS) is 29.2. The van der Waals surface area contributed by atoms with Crippen molar-refractivity contribution in [2.24, 2.45) is 11.8 Å². The molecule has 1 saturated heterocycles. The van der Waals surface area contributed by atoms with Gasteiger partial charge in [-0.05, 0) is 11.8 Å². The summed E-state index contributed by atoms with van der Waals surface area (Å²) in [5, 5.41) is 5.66. The third-order valence-corrected chi connectivity index (χ3v) is 3.59. The van der Waals surface area contributed by atoms with E-state index in [2.05, 4.69) is 10.6 Å². The van der Waals surface area contributed by atoms with E-state index in [0.717, 1.165) is 12.8 Å². The van der Waals surface area contributed by atoms with Crippen LogP contribution in [0.15, 0.2) is 0 Å². The van der Waals surface area contributed by atoms with E-state index in [0.29, 0.717) is 0 Å². The largest absolute Gasteiger partial charge is 0.342 e. The van der Waals surface area contributed by atoms with Crippen molar-refractivity contribution < 1.29 is 9.59 Å². The Kier molecular flexibility index (Phi) is 4.33. The summed E-state index contributed by atoms with van der Waals surface area (Å²) < 4.78 is 0. The van der Waals surface area contributed by atoms with E-state index < -0.39 is 0 Å². The molecule has 0 bridgehead atoms. The molecule has 4 heteroatoms. The highest BCUT2D eigenvalue weighted by atomic mass is 16.2. The Labute approximate surface area is 97.2 Å². The van der Waals surface area contributed by atoms with E-state index in [9.17, 15) is 9.59 Å². The van der Waals surface area contributed by atoms with Crippen molar-refractivity contribution in [3.63, 3.8) is 0 Å². The van der Waals surface area contributed by atoms with Gasteiger partial charge in [0.15, 0.2) is 0 Å². The summed E-state index contributed by atoms with van der Waals surface area (Å²) in [4.78, 5) is 23.7. The average molecular weight is 226 g/mol. The molecule has 1 fully saturated rings. The first kappa shape index (κ1) is 13.0. The second kappa shape index (κ2) is 5.32. The molecule has 4 atom stereocenters. The lowest BCUT2D eigenvalue weighted by molar-refractivity contribution is -0.139. The number of hydrogen-bond acceptors (Lipinski definition) is 2. The van der Waals surface area contributed by atoms with Crippen LogP contribution in [0.1, 0.15) is 40.5 Å². The van der Waals surface area contributed by atoms with Crippen LogP contribution in [0.25, 0.3) is 0 Å². The van der Waals surface area contributed by atoms with Gasteiger partial charge in [-0.25, -0.2) is 0 Å². The molecule has 1 aliphatic heterocycles. The summed E-state index contributed by atoms with van der Waals surface area (Å²) in [6.07, 6.45) is 1.76. The van der Waals surface area contributed by atoms with Crippen LogP contribution in [-0.2, 0) is 9.59 Å². The number of carbonyl (C=O) groups is 2. The van der Waals surface area contributed by atoms with E-state index in [1.54, 1.807) is 0 Å². The standard InChI is InChI=1S/C12H22N2O2/c1-5-7(3)9-11(15)14-10(8(4)6-2)12(16)13-9/h7-10H,5-6H2,1-4H3,(H,13,16)(H,14,15)/t7-,8+,9-,10-/m0/s1. The van der Waals surface area contributed by atoms with Crippen LogP contribution in [0.3, 0.4) is 0 Å². The van der Waals surface area contributed by atoms with Crippen molar-refractivity contribution in [2.75, 3.05) is 0 Å². The highest BCUT2D eigenvalue weighted by molar-refractivity contribution is 5.97. The monoisotopic (exact) mass is 226 g/mol. The molecule has 2 amide bonds. The Balaban J connectivity index is 2.71. The molecule has 2 N–H and O–H groups in total. The number of carbonyl (C=O) groups excluding carboxylic acids is 2. The zero-order valence-corrected chi connectivity index (χ0v) is 10.5. The molecule has 0 aromatic carbocycles. The first-order chi connectivity index (χ1) is 7.51. The molecule has 0 aliphatic carbocycles. The van der Waals surface area contributed by atoms with Gasteiger partial charge in [-0.15, -0.1) is 0 Å². The van der Waals surface area contributed by atoms with Crippen molar-refractivity contribution in [3.8, 4) is 0 Å². The Morgan fingerprint density at radius 3 is 1.50 bits per heavy atom. The van der Waals surface area contributed by atoms with E-state index in [4.69, 9.17) is 0 Å². The first-order valence-corrected chi connectivity index (χ1v) is 6.12. The smallest absolute Gasteiger partial charge is 0.243 e. The lowest BCUT2D eigenvalue weighted by atomic mass is 9.91. The Morgan fingerprint density at radius 2 is 1.25 bits per heavy atom. The van der Waals surface area contributed by atoms with E-state index in [1.165, 1.54) is 0 Å². The topological polar surface area (TPSA) is 58.2 Å². The van der Waals surface area contributed by atoms with Crippen LogP contribution in [-0.4, -0.2) is 23.9 Å². The van der Waals surface area contributed by atoms with Crippen molar-refractivity contribution in [1.29, 1.82) is 0 Å². The van der Waals surface area contributed by atoms with Crippen molar-refractivity contribution in [3.05, 3.63) is 0 Å². The predicted octanol–water partition coefficient (Wildman–Crippen LogP) is 1.06. The third-order valence-electron chi connectivity index (χ3n) is 3.59. The Morgan fingerprint density at radius 1 is 0.938 bits per heavy atom. The first-order valence-electron chi connectivity index (χ1n) is 6.12. The molecule has 1 heterocycles. The zero-order chi connectivity index (χ0) is 12.3. The highest BCUT2D eigenvalue weighted by Crippen LogP contribution is 2.16. The molecular weight excluding hydrogens is 204 g/mol. The van der Waals surface area contributed by atoms with E-state index >= 15 is 0 Å². The second-order valence-electron chi connectivity index (χ2n) is 4.74. The van der Waals surface area contributed by atoms with Gasteiger partial charge in [0.1, 0.15) is 12.1 Å². The van der Waals surface area contributed by atoms with Gasteiger partial charge in [-0.1, -0.05) is 40.5 Å². The molecule has 0 radical (unpaired) electrons. The van der Waals surface area contributed by atoms with Gasteiger partial charge in [0.05, 0.1) is 0 Å². The minimum absolute atomic E-state index is 0.0424. The zero-order valence-electron chi connectivity index (χ0n) is 10.5. The van der Waals surface area contributed by atoms with Crippen LogP contribution < -0.4 is 10.6 Å². The lowest BCUT2D eigenvalue weighted by Gasteiger charge is -2.34. The molecule has 16 heavy (non-hydrogen) atoms. The maximum absolute atomic E-state index is 11.8. The molecule has 4 nitrogen and oxygen atoms in total. The molecule has 0 saturated carbocycles. The minimum Gasteiger partial charge on any atom is -0.342 e. The number of rotatable bonds is 4. The molecule has 1 aliphatic rings. The van der Waals surface area contributed by atoms with Gasteiger partial charge in [0.2, 0.25) is 11.8 Å². The number of nitrogens with one attached hydrogen (secondary N) is 2. The predicted molar refractivity (Wildman–Crippen MR) is 62.8 cm³/mol. The van der Waals surface area contributed by atoms with Gasteiger partial charge >= 0.3 is 0 Å². The van der Waals surface area contributed by atoms with Gasteiger partial charge in [0, 0.05) is 0 Å². The maximum Gasteiger partial charge on any atom is 0.243 e. The fraction of sp³-hybridized carbons (Fsp3) is 0.833. The third kappa shape index (κ3) is 2.54. The molecule has 0 aromatic heterocycles. The van der Waals surface area contributed by atoms with Crippen LogP contribution in [0.4, 0.5) is 0 Å². The fourth-order valence-electron chi connectivity index (χ4n) is 1.89. The molecule has 0 spiro atoms. The summed E-state index contributed by atoms with van der Waals surface area (Å²) in [5.41, 5.74) is 0. The molecular formula is C12H22N2O2. The van der Waals surface area contributed by atoms with E-state index in [-0.39, 0.29) is 35.7 Å². The molecule has 92 valence electrons. The summed E-state index contributed by atoms with van der Waals surface area (Å²) in [6, 6.07) is -0.726. The quantitative estimate of drug-likeness (QED) is 0.753. The van der Waals surface area contributed by atoms with Crippen molar-refractivity contribution in [1.82, 2.24) is 10.6 Å². The number of hydrogen-bond donors (Lipinski definition) is 2. The van der Waals surface area contributed by atoms with Crippen LogP contribution in [0.2, 0.25) is 0 Å². The lowest BCUT2D eigenvalue weighted by Crippen LogP contribution is -2.65. The summed E-state index contributed by atoms with van der Waals surface area (Å²) >= 11 is 0. The average Bonchev–Trinajstić information content (AvgIpc) is 2.29. The fourth-order valence-corrected chi connectivity index (χ4v) is 1.89. The van der Waals surface area contributed by atoms with Crippen LogP contribution in [0, 0.1) is 11.8 Å². The van der Waals surface area contributed by atoms with Crippen molar-refractivity contribution >= 4 is 11.8 Å². The van der Waals surface area contributed by atoms with Gasteiger partial charge < -0.3 is 10.6 Å². The van der Waals surface area contributed by atoms with Crippen LogP contribution >= 0.6 is 0 Å². The highest BCUT2D eigenvalue weighted by Gasteiger charge is 2.37. The molecule has 0 aromatic rings. The number of amides is 2. The second-order valence-corrected chi connectivity index (χ2v) is 4.74. The summed E-state index contributed by atoms with van der Waals surface area (Å²) in [5.74, 6) is 0.280. The van der Waals surface area contributed by atoms with Gasteiger partial charge in [-0.3, -0.25) is 9.59 Å². The van der Waals surface area contributed by atoms with Crippen LogP contribution in [0.5, 0.6) is 0 Å². The van der Waals surface area contributed by atoms with Crippen molar-refractivity contribution in [2.45, 2.75) is 52.6 Å². The number of piperazine rings is 1. The SMILES string of the molecule is CC[C@@H](C)[C@@H]1NC(=O)[C@H]([C@@H](C)CC)NC1=O. The minimum atomic E-state index is -0.363. The summed E-state index contributed by atoms with van der Waals surface area (Å²) in [7, 11) is 0. The summed E-state index contributed by atoms with van der Waals surface area (Å²) in [6.45, 7) is 8.00. The van der Waals surface area contributed by atoms with Gasteiger partial charge in [-0.2, -0.15) is 0 Å².